The van der Waals surface area contributed by atoms with Crippen LogP contribution in [-0.4, -0.2) is 25.8 Å². The van der Waals surface area contributed by atoms with Crippen LogP contribution in [-0.2, 0) is 6.54 Å². The molecule has 0 bridgehead atoms. The summed E-state index contributed by atoms with van der Waals surface area (Å²) in [7, 11) is 0. The second kappa shape index (κ2) is 3.82. The fourth-order valence-corrected chi connectivity index (χ4v) is 1.11. The van der Waals surface area contributed by atoms with Gasteiger partial charge in [-0.3, -0.25) is 4.79 Å². The number of carbonyl (C=O) groups excluding carboxylic acids is 1. The average molecular weight is 207 g/mol. The van der Waals surface area contributed by atoms with Crippen molar-refractivity contribution in [3.05, 3.63) is 40.6 Å². The molecule has 2 rings (SSSR count). The highest BCUT2D eigenvalue weighted by atomic mass is 16.2. The van der Waals surface area contributed by atoms with Crippen LogP contribution in [0.4, 0.5) is 0 Å². The fourth-order valence-electron chi connectivity index (χ4n) is 1.11. The Labute approximate surface area is 83.9 Å². The zero-order chi connectivity index (χ0) is 10.7. The van der Waals surface area contributed by atoms with E-state index >= 15 is 0 Å². The van der Waals surface area contributed by atoms with Gasteiger partial charge in [0.05, 0.1) is 6.54 Å². The van der Waals surface area contributed by atoms with E-state index in [4.69, 9.17) is 0 Å². The van der Waals surface area contributed by atoms with Gasteiger partial charge in [-0.1, -0.05) is 0 Å². The third-order valence-electron chi connectivity index (χ3n) is 1.81. The smallest absolute Gasteiger partial charge is 0.323 e. The maximum absolute atomic E-state index is 11.4. The number of hydrogen-bond acceptors (Lipinski definition) is 3. The van der Waals surface area contributed by atoms with Crippen molar-refractivity contribution in [2.24, 2.45) is 0 Å². The van der Waals surface area contributed by atoms with Crippen LogP contribution in [0.5, 0.6) is 0 Å². The molecule has 0 spiro atoms. The Bertz CT molecular complexity index is 495. The summed E-state index contributed by atoms with van der Waals surface area (Å²) in [4.78, 5) is 33.6. The van der Waals surface area contributed by atoms with E-state index < -0.39 is 5.69 Å². The van der Waals surface area contributed by atoms with Crippen LogP contribution in [0.2, 0.25) is 0 Å². The average Bonchev–Trinajstić information content (AvgIpc) is 2.84. The van der Waals surface area contributed by atoms with Gasteiger partial charge in [0, 0.05) is 18.6 Å². The quantitative estimate of drug-likeness (QED) is 0.537. The number of aromatic amines is 3. The number of aromatic nitrogens is 4. The van der Waals surface area contributed by atoms with Gasteiger partial charge in [-0.15, -0.1) is 0 Å². The van der Waals surface area contributed by atoms with E-state index in [1.807, 2.05) is 0 Å². The second-order valence-electron chi connectivity index (χ2n) is 2.88. The summed E-state index contributed by atoms with van der Waals surface area (Å²) in [5.41, 5.74) is -0.204. The Kier molecular flexibility index (Phi) is 2.36. The molecule has 7 nitrogen and oxygen atoms in total. The zero-order valence-corrected chi connectivity index (χ0v) is 7.70. The molecule has 0 aromatic carbocycles. The lowest BCUT2D eigenvalue weighted by Crippen LogP contribution is -2.24. The SMILES string of the molecule is O=C(NCc1ncc[nH]1)c1c[nH]c(=O)[nH]1. The van der Waals surface area contributed by atoms with Crippen LogP contribution in [0.25, 0.3) is 0 Å². The predicted molar refractivity (Wildman–Crippen MR) is 51.2 cm³/mol. The van der Waals surface area contributed by atoms with Gasteiger partial charge < -0.3 is 20.3 Å². The zero-order valence-electron chi connectivity index (χ0n) is 7.70. The molecule has 2 heterocycles. The summed E-state index contributed by atoms with van der Waals surface area (Å²) < 4.78 is 0. The lowest BCUT2D eigenvalue weighted by atomic mass is 10.4. The third-order valence-corrected chi connectivity index (χ3v) is 1.81. The number of nitrogens with one attached hydrogen (secondary N) is 4. The summed E-state index contributed by atoms with van der Waals surface area (Å²) in [5, 5.41) is 2.59. The molecule has 0 fully saturated rings. The van der Waals surface area contributed by atoms with Crippen LogP contribution in [0.15, 0.2) is 23.4 Å². The number of nitrogens with zero attached hydrogens (tertiary/aromatic N) is 1. The molecule has 0 atom stereocenters. The summed E-state index contributed by atoms with van der Waals surface area (Å²) in [6.07, 6.45) is 4.58. The second-order valence-corrected chi connectivity index (χ2v) is 2.88. The molecule has 0 saturated carbocycles. The third kappa shape index (κ3) is 2.13. The molecular weight excluding hydrogens is 198 g/mol. The van der Waals surface area contributed by atoms with Crippen LogP contribution in [0, 0.1) is 0 Å². The molecule has 0 aliphatic rings. The van der Waals surface area contributed by atoms with Crippen molar-refractivity contribution in [3.8, 4) is 0 Å². The van der Waals surface area contributed by atoms with Crippen LogP contribution >= 0.6 is 0 Å². The molecule has 0 aliphatic heterocycles. The standard InChI is InChI=1S/C8H9N5O2/c14-7(5-3-12-8(15)13-5)11-4-6-9-1-2-10-6/h1-3H,4H2,(H,9,10)(H,11,14)(H2,12,13,15). The molecule has 4 N–H and O–H groups in total. The molecule has 0 radical (unpaired) electrons. The molecule has 1 amide bonds. The van der Waals surface area contributed by atoms with Crippen molar-refractivity contribution in [1.29, 1.82) is 0 Å². The van der Waals surface area contributed by atoms with Crippen molar-refractivity contribution in [2.75, 3.05) is 0 Å². The minimum atomic E-state index is -0.404. The molecule has 0 saturated heterocycles. The Balaban J connectivity index is 1.96. The monoisotopic (exact) mass is 207 g/mol. The van der Waals surface area contributed by atoms with E-state index in [1.165, 1.54) is 6.20 Å². The first-order valence-corrected chi connectivity index (χ1v) is 4.30. The summed E-state index contributed by atoms with van der Waals surface area (Å²) in [5.74, 6) is 0.297. The highest BCUT2D eigenvalue weighted by Gasteiger charge is 2.07. The van der Waals surface area contributed by atoms with Gasteiger partial charge in [0.1, 0.15) is 11.5 Å². The molecule has 2 aromatic heterocycles. The van der Waals surface area contributed by atoms with Gasteiger partial charge in [0.2, 0.25) is 0 Å². The van der Waals surface area contributed by atoms with Crippen LogP contribution in [0.3, 0.4) is 0 Å². The van der Waals surface area contributed by atoms with E-state index in [0.29, 0.717) is 12.4 Å². The summed E-state index contributed by atoms with van der Waals surface area (Å²) in [6.45, 7) is 0.291. The number of amides is 1. The molecule has 2 aromatic rings. The van der Waals surface area contributed by atoms with E-state index in [-0.39, 0.29) is 11.6 Å². The number of carbonyl (C=O) groups is 1. The van der Waals surface area contributed by atoms with Crippen molar-refractivity contribution >= 4 is 5.91 Å². The predicted octanol–water partition coefficient (Wildman–Crippen LogP) is -0.644. The number of rotatable bonds is 3. The van der Waals surface area contributed by atoms with Gasteiger partial charge in [0.25, 0.3) is 5.91 Å². The first-order valence-electron chi connectivity index (χ1n) is 4.30. The van der Waals surface area contributed by atoms with Gasteiger partial charge in [-0.05, 0) is 0 Å². The first kappa shape index (κ1) is 9.25. The number of H-pyrrole nitrogens is 3. The topological polar surface area (TPSA) is 106 Å². The van der Waals surface area contributed by atoms with E-state index in [9.17, 15) is 9.59 Å². The van der Waals surface area contributed by atoms with E-state index in [2.05, 4.69) is 25.3 Å². The highest BCUT2D eigenvalue weighted by molar-refractivity contribution is 5.91. The molecule has 0 aliphatic carbocycles. The number of imidazole rings is 2. The Morgan fingerprint density at radius 2 is 2.33 bits per heavy atom. The molecular formula is C8H9N5O2. The van der Waals surface area contributed by atoms with Crippen LogP contribution < -0.4 is 11.0 Å². The molecule has 78 valence electrons. The first-order chi connectivity index (χ1) is 7.25. The minimum Gasteiger partial charge on any atom is -0.347 e. The van der Waals surface area contributed by atoms with Gasteiger partial charge in [-0.2, -0.15) is 0 Å². The van der Waals surface area contributed by atoms with Crippen molar-refractivity contribution in [2.45, 2.75) is 6.54 Å². The summed E-state index contributed by atoms with van der Waals surface area (Å²) >= 11 is 0. The van der Waals surface area contributed by atoms with Crippen LogP contribution in [0.1, 0.15) is 16.3 Å². The van der Waals surface area contributed by atoms with Crippen molar-refractivity contribution < 1.29 is 4.79 Å². The maximum atomic E-state index is 11.4. The Morgan fingerprint density at radius 3 is 2.93 bits per heavy atom. The highest BCUT2D eigenvalue weighted by Crippen LogP contribution is 1.90. The largest absolute Gasteiger partial charge is 0.347 e. The van der Waals surface area contributed by atoms with E-state index in [0.717, 1.165) is 0 Å². The summed E-state index contributed by atoms with van der Waals surface area (Å²) in [6, 6.07) is 0. The molecule has 7 heteroatoms. The van der Waals surface area contributed by atoms with Crippen molar-refractivity contribution in [3.63, 3.8) is 0 Å². The Hall–Kier alpha value is -2.31. The van der Waals surface area contributed by atoms with Gasteiger partial charge in [0.15, 0.2) is 0 Å². The van der Waals surface area contributed by atoms with E-state index in [1.54, 1.807) is 12.4 Å². The lowest BCUT2D eigenvalue weighted by Gasteiger charge is -1.99. The lowest BCUT2D eigenvalue weighted by molar-refractivity contribution is 0.0945. The molecule has 15 heavy (non-hydrogen) atoms. The minimum absolute atomic E-state index is 0.201. The molecule has 0 unspecified atom stereocenters. The Morgan fingerprint density at radius 1 is 1.47 bits per heavy atom. The van der Waals surface area contributed by atoms with Gasteiger partial charge >= 0.3 is 5.69 Å². The van der Waals surface area contributed by atoms with Gasteiger partial charge in [-0.25, -0.2) is 9.78 Å². The van der Waals surface area contributed by atoms with Crippen molar-refractivity contribution in [1.82, 2.24) is 25.3 Å². The maximum Gasteiger partial charge on any atom is 0.323 e. The fraction of sp³-hybridized carbons (Fsp3) is 0.125. The normalized spacial score (nSPS) is 10.1. The number of hydrogen-bond donors (Lipinski definition) is 4.